The number of nitrogens with one attached hydrogen (secondary N) is 1. The van der Waals surface area contributed by atoms with E-state index in [1.54, 1.807) is 6.08 Å². The Hall–Kier alpha value is -1.73. The second-order valence-corrected chi connectivity index (χ2v) is 26.8. The first kappa shape index (κ1) is 83.5. The first-order valence-electron chi connectivity index (χ1n) is 37.1. The van der Waals surface area contributed by atoms with Crippen molar-refractivity contribution in [1.29, 1.82) is 0 Å². The van der Waals surface area contributed by atoms with Crippen LogP contribution in [0.4, 0.5) is 0 Å². The zero-order valence-corrected chi connectivity index (χ0v) is 56.8. The summed E-state index contributed by atoms with van der Waals surface area (Å²) in [6, 6.07) is -0.985. The number of unbranched alkanes of at least 4 members (excludes halogenated alkanes) is 40. The van der Waals surface area contributed by atoms with Crippen LogP contribution in [0, 0.1) is 0 Å². The molecule has 12 N–H and O–H groups in total. The van der Waals surface area contributed by atoms with Crippen LogP contribution in [0.1, 0.15) is 296 Å². The summed E-state index contributed by atoms with van der Waals surface area (Å²) in [6.45, 7) is 1.69. The van der Waals surface area contributed by atoms with Crippen molar-refractivity contribution in [2.24, 2.45) is 0 Å². The van der Waals surface area contributed by atoms with Crippen molar-refractivity contribution < 1.29 is 89.4 Å². The van der Waals surface area contributed by atoms with E-state index in [0.717, 1.165) is 38.5 Å². The van der Waals surface area contributed by atoms with Crippen molar-refractivity contribution in [2.45, 2.75) is 401 Å². The third-order valence-corrected chi connectivity index (χ3v) is 18.8. The monoisotopic (exact) mass is 1300 g/mol. The summed E-state index contributed by atoms with van der Waals surface area (Å²) in [4.78, 5) is 13.4. The van der Waals surface area contributed by atoms with Gasteiger partial charge in [-0.15, -0.1) is 0 Å². The summed E-state index contributed by atoms with van der Waals surface area (Å²) in [6.07, 6.45) is 36.6. The topological polar surface area (TPSA) is 307 Å². The van der Waals surface area contributed by atoms with Crippen LogP contribution < -0.4 is 5.32 Å². The highest BCUT2D eigenvalue weighted by molar-refractivity contribution is 5.76. The van der Waals surface area contributed by atoms with E-state index in [0.29, 0.717) is 12.8 Å². The zero-order valence-electron chi connectivity index (χ0n) is 56.8. The minimum absolute atomic E-state index is 0.240. The number of ether oxygens (including phenoxy) is 6. The largest absolute Gasteiger partial charge is 0.394 e. The molecule has 3 rings (SSSR count). The fourth-order valence-electron chi connectivity index (χ4n) is 12.7. The number of carbonyl (C=O) groups excluding carboxylic acids is 1. The van der Waals surface area contributed by atoms with E-state index in [1.165, 1.54) is 225 Å². The van der Waals surface area contributed by atoms with Gasteiger partial charge in [0.15, 0.2) is 18.9 Å². The average Bonchev–Trinajstić information content (AvgIpc) is 0.933. The summed E-state index contributed by atoms with van der Waals surface area (Å²) >= 11 is 0. The first-order valence-corrected chi connectivity index (χ1v) is 37.1. The molecule has 0 saturated carbocycles. The van der Waals surface area contributed by atoms with E-state index in [1.807, 2.05) is 6.08 Å². The molecule has 0 aliphatic carbocycles. The lowest BCUT2D eigenvalue weighted by Gasteiger charge is -2.48. The van der Waals surface area contributed by atoms with E-state index in [-0.39, 0.29) is 18.9 Å². The molecule has 536 valence electrons. The van der Waals surface area contributed by atoms with Gasteiger partial charge >= 0.3 is 0 Å². The van der Waals surface area contributed by atoms with Gasteiger partial charge in [0.05, 0.1) is 38.6 Å². The van der Waals surface area contributed by atoms with E-state index >= 15 is 0 Å². The fraction of sp³-hybridized carbons (Fsp3) is 0.931. The Morgan fingerprint density at radius 2 is 0.703 bits per heavy atom. The summed E-state index contributed by atoms with van der Waals surface area (Å²) in [5, 5.41) is 120. The second-order valence-electron chi connectivity index (χ2n) is 26.8. The molecule has 3 saturated heterocycles. The highest BCUT2D eigenvalue weighted by atomic mass is 16.8. The molecule has 0 radical (unpaired) electrons. The predicted molar refractivity (Wildman–Crippen MR) is 356 cm³/mol. The predicted octanol–water partition coefficient (Wildman–Crippen LogP) is 10.6. The average molecular weight is 1300 g/mol. The molecule has 0 aromatic carbocycles. The normalized spacial score (nSPS) is 27.9. The number of carbonyl (C=O) groups is 1. The Kier molecular flexibility index (Phi) is 49.8. The van der Waals surface area contributed by atoms with Crippen molar-refractivity contribution in [3.63, 3.8) is 0 Å². The quantitative estimate of drug-likeness (QED) is 0.0199. The Morgan fingerprint density at radius 3 is 1.10 bits per heavy atom. The van der Waals surface area contributed by atoms with Gasteiger partial charge < -0.3 is 89.9 Å². The summed E-state index contributed by atoms with van der Waals surface area (Å²) in [5.41, 5.74) is 0. The van der Waals surface area contributed by atoms with Crippen LogP contribution in [0.3, 0.4) is 0 Å². The van der Waals surface area contributed by atoms with Crippen LogP contribution >= 0.6 is 0 Å². The molecule has 3 aliphatic rings. The number of rotatable bonds is 58. The number of hydrogen-bond acceptors (Lipinski definition) is 18. The molecule has 3 aliphatic heterocycles. The number of aliphatic hydroxyl groups excluding tert-OH is 11. The van der Waals surface area contributed by atoms with Gasteiger partial charge in [0.2, 0.25) is 5.91 Å². The van der Waals surface area contributed by atoms with Gasteiger partial charge in [0.25, 0.3) is 0 Å². The van der Waals surface area contributed by atoms with Crippen LogP contribution in [0.15, 0.2) is 24.3 Å². The molecule has 19 heteroatoms. The maximum atomic E-state index is 13.4. The van der Waals surface area contributed by atoms with Gasteiger partial charge in [-0.05, 0) is 32.1 Å². The molecule has 0 aromatic heterocycles. The molecule has 19 nitrogen and oxygen atoms in total. The SMILES string of the molecule is CCCCCC/C=C/CC/C=C/C(O)C(COC1OC(CO)C(OC2OC(CO)C(OC3OC(CO)C(O)C(O)C3O)C(O)C2O)C(O)C1O)NC(=O)CCCCCCCCCCCCCCCCCCCCCCCCCCCCCCCCCCCCCC. The number of hydrogen-bond donors (Lipinski definition) is 12. The van der Waals surface area contributed by atoms with E-state index in [4.69, 9.17) is 28.4 Å². The molecule has 17 atom stereocenters. The van der Waals surface area contributed by atoms with Gasteiger partial charge in [0.1, 0.15) is 73.2 Å². The van der Waals surface area contributed by atoms with Gasteiger partial charge in [-0.2, -0.15) is 0 Å². The Balaban J connectivity index is 1.28. The van der Waals surface area contributed by atoms with Crippen molar-refractivity contribution in [1.82, 2.24) is 5.32 Å². The zero-order chi connectivity index (χ0) is 66.1. The minimum Gasteiger partial charge on any atom is -0.394 e. The molecule has 3 heterocycles. The molecule has 0 bridgehead atoms. The molecule has 17 unspecified atom stereocenters. The number of amides is 1. The van der Waals surface area contributed by atoms with Gasteiger partial charge in [-0.25, -0.2) is 0 Å². The van der Waals surface area contributed by atoms with Crippen molar-refractivity contribution in [2.75, 3.05) is 26.4 Å². The van der Waals surface area contributed by atoms with Crippen LogP contribution in [0.5, 0.6) is 0 Å². The third-order valence-electron chi connectivity index (χ3n) is 18.8. The Bertz CT molecular complexity index is 1750. The lowest BCUT2D eigenvalue weighted by Crippen LogP contribution is -2.66. The van der Waals surface area contributed by atoms with E-state index in [2.05, 4.69) is 31.3 Å². The number of aliphatic hydroxyl groups is 11. The molecule has 0 spiro atoms. The van der Waals surface area contributed by atoms with Crippen LogP contribution in [0.25, 0.3) is 0 Å². The van der Waals surface area contributed by atoms with Crippen molar-refractivity contribution in [3.8, 4) is 0 Å². The molecular weight excluding hydrogens is 1170 g/mol. The molecule has 3 fully saturated rings. The van der Waals surface area contributed by atoms with Crippen LogP contribution in [-0.2, 0) is 33.2 Å². The lowest BCUT2D eigenvalue weighted by atomic mass is 9.96. The van der Waals surface area contributed by atoms with Gasteiger partial charge in [0, 0.05) is 6.42 Å². The molecule has 1 amide bonds. The standard InChI is InChI=1S/C72H135NO18/c1-3-5-7-9-11-13-15-16-17-18-19-20-21-22-23-24-25-26-27-28-29-30-31-32-33-34-35-36-37-38-39-40-42-44-46-48-50-60(78)73-55(56(77)49-47-45-43-41-14-12-10-8-6-4-2)54-86-70-66(84)63(81)68(58(52-75)88-70)91-72-67(85)64(82)69(59(53-76)89-72)90-71-65(83)62(80)61(79)57(51-74)87-71/h14,41,47,49,55-59,61-72,74-77,79-85H,3-13,15-40,42-46,48,50-54H2,1-2H3,(H,73,78)/b41-14+,49-47+. The second kappa shape index (κ2) is 54.3. The molecular formula is C72H135NO18. The first-order chi connectivity index (χ1) is 44.3. The summed E-state index contributed by atoms with van der Waals surface area (Å²) in [5.74, 6) is -0.282. The van der Waals surface area contributed by atoms with Gasteiger partial charge in [-0.3, -0.25) is 4.79 Å². The highest BCUT2D eigenvalue weighted by Gasteiger charge is 2.53. The Labute approximate surface area is 549 Å². The van der Waals surface area contributed by atoms with E-state index < -0.39 is 124 Å². The van der Waals surface area contributed by atoms with Crippen LogP contribution in [0.2, 0.25) is 0 Å². The maximum Gasteiger partial charge on any atom is 0.220 e. The highest BCUT2D eigenvalue weighted by Crippen LogP contribution is 2.33. The maximum absolute atomic E-state index is 13.4. The van der Waals surface area contributed by atoms with Crippen molar-refractivity contribution >= 4 is 5.91 Å². The van der Waals surface area contributed by atoms with Gasteiger partial charge in [-0.1, -0.05) is 282 Å². The fourth-order valence-corrected chi connectivity index (χ4v) is 12.7. The Morgan fingerprint density at radius 1 is 0.385 bits per heavy atom. The molecule has 0 aromatic rings. The minimum atomic E-state index is -1.98. The summed E-state index contributed by atoms with van der Waals surface area (Å²) < 4.78 is 34.3. The summed E-state index contributed by atoms with van der Waals surface area (Å²) in [7, 11) is 0. The van der Waals surface area contributed by atoms with Crippen LogP contribution in [-0.4, -0.2) is 193 Å². The number of allylic oxidation sites excluding steroid dienone is 3. The van der Waals surface area contributed by atoms with E-state index in [9.17, 15) is 61.0 Å². The lowest BCUT2D eigenvalue weighted by molar-refractivity contribution is -0.379. The third kappa shape index (κ3) is 35.9. The molecule has 91 heavy (non-hydrogen) atoms. The smallest absolute Gasteiger partial charge is 0.220 e. The van der Waals surface area contributed by atoms with Crippen molar-refractivity contribution in [3.05, 3.63) is 24.3 Å².